The van der Waals surface area contributed by atoms with Crippen LogP contribution in [0.5, 0.6) is 0 Å². The van der Waals surface area contributed by atoms with E-state index in [0.717, 1.165) is 37.7 Å². The van der Waals surface area contributed by atoms with Crippen molar-refractivity contribution in [2.75, 3.05) is 13.2 Å². The minimum Gasteiger partial charge on any atom is -0.405 e. The molecule has 4 heterocycles. The quantitative estimate of drug-likeness (QED) is 0.185. The Labute approximate surface area is 281 Å². The van der Waals surface area contributed by atoms with E-state index in [2.05, 4.69) is 113 Å². The van der Waals surface area contributed by atoms with Crippen LogP contribution >= 0.6 is 0 Å². The van der Waals surface area contributed by atoms with Gasteiger partial charge >= 0.3 is 0 Å². The first-order valence-corrected chi connectivity index (χ1v) is 19.4. The van der Waals surface area contributed by atoms with E-state index in [0.29, 0.717) is 19.8 Å². The maximum absolute atomic E-state index is 7.25. The summed E-state index contributed by atoms with van der Waals surface area (Å²) in [5, 5.41) is 2.49. The summed E-state index contributed by atoms with van der Waals surface area (Å²) in [6.45, 7) is 10.8. The Morgan fingerprint density at radius 1 is 0.766 bits per heavy atom. The van der Waals surface area contributed by atoms with Crippen LogP contribution in [-0.2, 0) is 34.7 Å². The highest BCUT2D eigenvalue weighted by atomic mass is 28.4. The third-order valence-electron chi connectivity index (χ3n) is 10.6. The van der Waals surface area contributed by atoms with Crippen LogP contribution in [0, 0.1) is 5.92 Å². The van der Waals surface area contributed by atoms with Crippen molar-refractivity contribution < 1.29 is 28.1 Å². The van der Waals surface area contributed by atoms with Crippen LogP contribution in [0.15, 0.2) is 103 Å². The molecule has 250 valence electrons. The van der Waals surface area contributed by atoms with Crippen molar-refractivity contribution in [3.8, 4) is 0 Å². The first-order valence-electron chi connectivity index (χ1n) is 17.5. The van der Waals surface area contributed by atoms with Crippen LogP contribution in [0.25, 0.3) is 0 Å². The monoisotopic (exact) mass is 654 g/mol. The largest absolute Gasteiger partial charge is 0.405 e. The van der Waals surface area contributed by atoms with Gasteiger partial charge in [-0.25, -0.2) is 0 Å². The molecule has 0 saturated carbocycles. The van der Waals surface area contributed by atoms with Crippen molar-refractivity contribution in [2.45, 2.75) is 107 Å². The lowest BCUT2D eigenvalue weighted by Crippen LogP contribution is -2.67. The molecule has 0 bridgehead atoms. The fourth-order valence-electron chi connectivity index (χ4n) is 8.25. The number of ether oxygens (including phenoxy) is 5. The average Bonchev–Trinajstić information content (AvgIpc) is 3.63. The Balaban J connectivity index is 1.01. The summed E-state index contributed by atoms with van der Waals surface area (Å²) in [7, 11) is -2.65. The molecule has 7 heteroatoms. The second-order valence-corrected chi connectivity index (χ2v) is 19.2. The Bertz CT molecular complexity index is 1450. The van der Waals surface area contributed by atoms with Gasteiger partial charge in [0.05, 0.1) is 44.2 Å². The first kappa shape index (κ1) is 32.9. The Hall–Kier alpha value is -2.62. The highest BCUT2D eigenvalue weighted by Gasteiger charge is 2.60. The third-order valence-corrected chi connectivity index (χ3v) is 15.6. The summed E-state index contributed by atoms with van der Waals surface area (Å²) < 4.78 is 40.4. The summed E-state index contributed by atoms with van der Waals surface area (Å²) in [5.41, 5.74) is 1.16. The van der Waals surface area contributed by atoms with Crippen LogP contribution in [0.2, 0.25) is 5.04 Å². The van der Waals surface area contributed by atoms with Crippen molar-refractivity contribution in [3.63, 3.8) is 0 Å². The molecule has 0 aliphatic carbocycles. The van der Waals surface area contributed by atoms with Gasteiger partial charge in [-0.2, -0.15) is 0 Å². The summed E-state index contributed by atoms with van der Waals surface area (Å²) in [5.74, 6) is -1.29. The average molecular weight is 655 g/mol. The number of fused-ring (bicyclic) bond motifs is 1. The number of hydrogen-bond donors (Lipinski definition) is 0. The highest BCUT2D eigenvalue weighted by molar-refractivity contribution is 6.99. The molecule has 3 fully saturated rings. The van der Waals surface area contributed by atoms with Crippen molar-refractivity contribution in [2.24, 2.45) is 5.92 Å². The van der Waals surface area contributed by atoms with Gasteiger partial charge in [0.1, 0.15) is 0 Å². The zero-order valence-electron chi connectivity index (χ0n) is 28.3. The van der Waals surface area contributed by atoms with Gasteiger partial charge in [0, 0.05) is 25.2 Å². The van der Waals surface area contributed by atoms with E-state index >= 15 is 0 Å². The van der Waals surface area contributed by atoms with Crippen molar-refractivity contribution in [3.05, 3.63) is 109 Å². The van der Waals surface area contributed by atoms with Crippen LogP contribution in [-0.4, -0.2) is 57.5 Å². The third kappa shape index (κ3) is 6.56. The lowest BCUT2D eigenvalue weighted by atomic mass is 9.86. The van der Waals surface area contributed by atoms with Crippen molar-refractivity contribution in [1.29, 1.82) is 0 Å². The van der Waals surface area contributed by atoms with E-state index in [1.54, 1.807) is 0 Å². The Morgan fingerprint density at radius 2 is 1.43 bits per heavy atom. The normalized spacial score (nSPS) is 32.2. The second kappa shape index (κ2) is 13.4. The maximum atomic E-state index is 7.25. The van der Waals surface area contributed by atoms with Crippen molar-refractivity contribution in [1.82, 2.24) is 0 Å². The molecular formula is C40H50O6Si. The summed E-state index contributed by atoms with van der Waals surface area (Å²) in [6, 6.07) is 31.9. The molecule has 0 radical (unpaired) electrons. The van der Waals surface area contributed by atoms with Crippen LogP contribution < -0.4 is 10.4 Å². The molecular weight excluding hydrogens is 605 g/mol. The molecule has 0 N–H and O–H groups in total. The van der Waals surface area contributed by atoms with Gasteiger partial charge in [-0.1, -0.05) is 125 Å². The van der Waals surface area contributed by atoms with E-state index in [1.807, 2.05) is 18.2 Å². The van der Waals surface area contributed by atoms with E-state index < -0.39 is 19.9 Å². The molecule has 3 aromatic rings. The zero-order chi connectivity index (χ0) is 32.5. The smallest absolute Gasteiger partial charge is 0.261 e. The second-order valence-electron chi connectivity index (χ2n) is 14.9. The van der Waals surface area contributed by atoms with Crippen LogP contribution in [0.1, 0.15) is 65.4 Å². The predicted molar refractivity (Wildman–Crippen MR) is 186 cm³/mol. The minimum absolute atomic E-state index is 0.0329. The number of rotatable bonds is 9. The molecule has 4 aliphatic heterocycles. The SMILES string of the molecule is C[C@@H]1C[C@H]2O[C@H](CO[Si](c3ccccc3)(c3ccccc3)C(C)(C)C)C[C@H]2O[C@]12CC[C@@]1(C=CC[C@H](COCc3ccccc3)O1)O2. The van der Waals surface area contributed by atoms with Gasteiger partial charge in [0.15, 0.2) is 11.6 Å². The van der Waals surface area contributed by atoms with Gasteiger partial charge in [-0.15, -0.1) is 0 Å². The maximum Gasteiger partial charge on any atom is 0.261 e. The molecule has 3 saturated heterocycles. The van der Waals surface area contributed by atoms with E-state index in [1.165, 1.54) is 10.4 Å². The first-order chi connectivity index (χ1) is 22.7. The standard InChI is InChI=1S/C40H50O6Si/c1-30-25-36-37(45-40(30)24-23-39(46-40)22-14-17-32(44-39)28-41-27-31-15-8-5-9-16-31)26-33(43-36)29-42-47(38(2,3)4,34-18-10-6-11-19-34)35-20-12-7-13-21-35/h5-16,18-22,30,32-33,36-37H,17,23-29H2,1-4H3/t30-,32-,33+,36-,37-,39-,40+/m1/s1. The lowest BCUT2D eigenvalue weighted by molar-refractivity contribution is -0.359. The number of hydrogen-bond acceptors (Lipinski definition) is 6. The summed E-state index contributed by atoms with van der Waals surface area (Å²) in [4.78, 5) is 0. The minimum atomic E-state index is -2.65. The molecule has 0 unspecified atom stereocenters. The molecule has 0 amide bonds. The molecule has 0 aromatic heterocycles. The predicted octanol–water partition coefficient (Wildman–Crippen LogP) is 6.91. The fraction of sp³-hybridized carbons (Fsp3) is 0.500. The van der Waals surface area contributed by atoms with Gasteiger partial charge in [-0.3, -0.25) is 0 Å². The topological polar surface area (TPSA) is 55.4 Å². The molecule has 7 rings (SSSR count). The molecule has 7 atom stereocenters. The lowest BCUT2D eigenvalue weighted by Gasteiger charge is -2.45. The van der Waals surface area contributed by atoms with Crippen LogP contribution in [0.4, 0.5) is 0 Å². The molecule has 4 aliphatic rings. The molecule has 2 spiro atoms. The van der Waals surface area contributed by atoms with E-state index in [4.69, 9.17) is 28.1 Å². The van der Waals surface area contributed by atoms with Crippen molar-refractivity contribution >= 4 is 18.7 Å². The highest BCUT2D eigenvalue weighted by Crippen LogP contribution is 2.52. The molecule has 47 heavy (non-hydrogen) atoms. The van der Waals surface area contributed by atoms with Gasteiger partial charge in [-0.05, 0) is 39.9 Å². The molecule has 6 nitrogen and oxygen atoms in total. The van der Waals surface area contributed by atoms with Gasteiger partial charge in [0.2, 0.25) is 0 Å². The fourth-order valence-corrected chi connectivity index (χ4v) is 12.8. The number of benzene rings is 3. The molecule has 3 aromatic carbocycles. The summed E-state index contributed by atoms with van der Waals surface area (Å²) >= 11 is 0. The Morgan fingerprint density at radius 3 is 2.09 bits per heavy atom. The zero-order valence-corrected chi connectivity index (χ0v) is 29.3. The van der Waals surface area contributed by atoms with E-state index in [9.17, 15) is 0 Å². The van der Waals surface area contributed by atoms with Gasteiger partial charge < -0.3 is 28.1 Å². The van der Waals surface area contributed by atoms with E-state index in [-0.39, 0.29) is 35.4 Å². The van der Waals surface area contributed by atoms with Gasteiger partial charge in [0.25, 0.3) is 8.32 Å². The van der Waals surface area contributed by atoms with Crippen LogP contribution in [0.3, 0.4) is 0 Å². The summed E-state index contributed by atoms with van der Waals surface area (Å²) in [6.07, 6.45) is 8.25. The Kier molecular flexibility index (Phi) is 9.35.